The number of piperazine rings is 2. The molecule has 0 unspecified atom stereocenters. The molecule has 2 fully saturated rings. The number of halogens is 2. The number of ether oxygens (including phenoxy) is 4. The minimum Gasteiger partial charge on any atom is -0.493 e. The number of rotatable bonds is 7. The van der Waals surface area contributed by atoms with Gasteiger partial charge in [0, 0.05) is 80.4 Å². The summed E-state index contributed by atoms with van der Waals surface area (Å²) in [4.78, 5) is 40.3. The highest BCUT2D eigenvalue weighted by atomic mass is 35.5. The molecule has 6 heterocycles. The van der Waals surface area contributed by atoms with Crippen LogP contribution in [0.4, 0.5) is 17.6 Å². The summed E-state index contributed by atoms with van der Waals surface area (Å²) in [5, 5.41) is 1.56. The molecule has 4 aromatic heterocycles. The number of nitrogen functional groups attached to an aromatic ring is 2. The van der Waals surface area contributed by atoms with E-state index in [1.165, 1.54) is 24.3 Å². The Morgan fingerprint density at radius 2 is 1.17 bits per heavy atom. The second-order valence-corrected chi connectivity index (χ2v) is 10.8. The van der Waals surface area contributed by atoms with Crippen LogP contribution in [0, 0.1) is 0 Å². The molecule has 2 aromatic carbocycles. The third-order valence-corrected chi connectivity index (χ3v) is 7.23. The Balaban J connectivity index is 0.000000258. The van der Waals surface area contributed by atoms with Gasteiger partial charge in [-0.2, -0.15) is 4.98 Å². The van der Waals surface area contributed by atoms with Crippen molar-refractivity contribution in [2.75, 3.05) is 96.5 Å². The van der Waals surface area contributed by atoms with Crippen LogP contribution in [0.25, 0.3) is 21.8 Å². The van der Waals surface area contributed by atoms with Crippen molar-refractivity contribution < 1.29 is 75.8 Å². The van der Waals surface area contributed by atoms with Crippen molar-refractivity contribution in [1.82, 2.24) is 35.1 Å². The lowest BCUT2D eigenvalue weighted by Crippen LogP contribution is -2.49. The zero-order valence-corrected chi connectivity index (χ0v) is 30.2. The summed E-state index contributed by atoms with van der Waals surface area (Å²) in [6.07, 6.45) is 2.15. The van der Waals surface area contributed by atoms with Crippen molar-refractivity contribution in [3.63, 3.8) is 0 Å². The number of nitrogens with one attached hydrogen (secondary N) is 1. The number of carbonyl (C=O) groups is 2. The van der Waals surface area contributed by atoms with Crippen molar-refractivity contribution in [2.24, 2.45) is 0 Å². The van der Waals surface area contributed by atoms with E-state index < -0.39 is 127 Å². The molecule has 0 saturated carbocycles. The first-order valence-electron chi connectivity index (χ1n) is 29.2. The summed E-state index contributed by atoms with van der Waals surface area (Å²) in [6.45, 7) is -26.7. The molecule has 0 atom stereocenters. The number of benzene rings is 2. The minimum absolute atomic E-state index is 0. The first kappa shape index (κ1) is 19.0. The number of anilines is 3. The van der Waals surface area contributed by atoms with Crippen LogP contribution in [0.5, 0.6) is 23.0 Å². The number of carbonyl (C=O) groups excluding carboxylic acids is 2. The third-order valence-electron chi connectivity index (χ3n) is 7.06. The van der Waals surface area contributed by atoms with Crippen LogP contribution in [0.3, 0.4) is 0 Å². The summed E-state index contributed by atoms with van der Waals surface area (Å²) >= 11 is 5.68. The lowest BCUT2D eigenvalue weighted by atomic mass is 10.2. The van der Waals surface area contributed by atoms with Crippen molar-refractivity contribution in [3.8, 4) is 23.0 Å². The van der Waals surface area contributed by atoms with Gasteiger partial charge in [0.15, 0.2) is 34.5 Å². The van der Waals surface area contributed by atoms with Crippen LogP contribution in [0.2, 0.25) is 5.28 Å². The molecule has 0 bridgehead atoms. The maximum Gasteiger partial charge on any atom is 0.289 e. The van der Waals surface area contributed by atoms with E-state index in [0.29, 0.717) is 0 Å². The van der Waals surface area contributed by atoms with Gasteiger partial charge in [-0.3, -0.25) is 9.59 Å². The number of methoxy groups -OCH3 is 4. The predicted octanol–water partition coefficient (Wildman–Crippen LogP) is 4.41. The number of hydrogen-bond acceptors (Lipinski definition) is 16. The van der Waals surface area contributed by atoms with Gasteiger partial charge < -0.3 is 59.3 Å². The number of fused-ring (bicyclic) bond motifs is 2. The molecule has 18 nitrogen and oxygen atoms in total. The van der Waals surface area contributed by atoms with Crippen molar-refractivity contribution >= 4 is 75.2 Å². The average molecular weight is 868 g/mol. The highest BCUT2D eigenvalue weighted by Gasteiger charge is 2.26. The summed E-state index contributed by atoms with van der Waals surface area (Å²) in [5.41, 5.74) is 11.5. The van der Waals surface area contributed by atoms with Crippen LogP contribution in [0.15, 0.2) is 69.9 Å². The van der Waals surface area contributed by atoms with Gasteiger partial charge in [0.05, 0.1) is 84.6 Å². The molecule has 2 saturated heterocycles. The van der Waals surface area contributed by atoms with Crippen LogP contribution >= 0.6 is 24.0 Å². The lowest BCUT2D eigenvalue weighted by Gasteiger charge is -2.34. The smallest absolute Gasteiger partial charge is 0.289 e. The second kappa shape index (κ2) is 19.8. The molecule has 6 aromatic rings. The lowest BCUT2D eigenvalue weighted by molar-refractivity contribution is 0.0700. The first-order chi connectivity index (χ1) is 38.2. The molecule has 0 aliphatic carbocycles. The zero-order chi connectivity index (χ0) is 64.8. The van der Waals surface area contributed by atoms with Crippen molar-refractivity contribution in [2.45, 2.75) is 0 Å². The molecule has 308 valence electrons. The van der Waals surface area contributed by atoms with Crippen LogP contribution in [-0.4, -0.2) is 122 Å². The maximum absolute atomic E-state index is 13.1. The van der Waals surface area contributed by atoms with E-state index in [4.69, 9.17) is 89.2 Å². The number of aromatic nitrogens is 4. The Morgan fingerprint density at radius 3 is 1.66 bits per heavy atom. The number of nitrogens with zero attached hydrogens (tertiary/aromatic N) is 7. The molecule has 2 amide bonds. The largest absolute Gasteiger partial charge is 0.493 e. The summed E-state index contributed by atoms with van der Waals surface area (Å²) in [6, 6.07) is 8.90. The molecule has 20 heteroatoms. The molecule has 8 rings (SSSR count). The zero-order valence-electron chi connectivity index (χ0n) is 56.6. The molecule has 0 spiro atoms. The molecular weight excluding hydrogens is 795 g/mol. The van der Waals surface area contributed by atoms with E-state index >= 15 is 0 Å². The van der Waals surface area contributed by atoms with E-state index in [1.54, 1.807) is 5.32 Å². The molecule has 58 heavy (non-hydrogen) atoms. The van der Waals surface area contributed by atoms with Gasteiger partial charge in [0.2, 0.25) is 11.2 Å². The van der Waals surface area contributed by atoms with Crippen LogP contribution in [-0.2, 0) is 0 Å². The molecule has 0 radical (unpaired) electrons. The number of hydrogen-bond donors (Lipinski definition) is 3. The van der Waals surface area contributed by atoms with E-state index in [1.807, 2.05) is 0 Å². The minimum atomic E-state index is -3.61. The van der Waals surface area contributed by atoms with Crippen molar-refractivity contribution in [3.05, 3.63) is 77.9 Å². The predicted molar refractivity (Wildman–Crippen MR) is 221 cm³/mol. The maximum atomic E-state index is 13.1. The monoisotopic (exact) mass is 866 g/mol. The summed E-state index contributed by atoms with van der Waals surface area (Å²) in [7, 11) is -11.8. The van der Waals surface area contributed by atoms with Gasteiger partial charge in [-0.05, 0) is 48.0 Å². The fourth-order valence-electron chi connectivity index (χ4n) is 4.50. The summed E-state index contributed by atoms with van der Waals surface area (Å²) in [5.74, 6) is -7.28. The highest BCUT2D eigenvalue weighted by molar-refractivity contribution is 6.28. The first-order valence-corrected chi connectivity index (χ1v) is 15.6. The van der Waals surface area contributed by atoms with E-state index in [0.717, 1.165) is 36.8 Å². The topological polar surface area (TPSA) is 223 Å². The highest BCUT2D eigenvalue weighted by Crippen LogP contribution is 2.35. The van der Waals surface area contributed by atoms with E-state index in [2.05, 4.69) is 19.9 Å². The van der Waals surface area contributed by atoms with Crippen LogP contribution in [0.1, 0.15) is 59.5 Å². The molecule has 2 aliphatic rings. The summed E-state index contributed by atoms with van der Waals surface area (Å²) < 4.78 is 245. The SMILES string of the molecule is Cl.[2H]C([2H])([2H])Oc1cc2nc(Cl)nc(N)c2cc1OC([2H])([2H])[2H].[2H]C([2H])([2H])Oc1cc2nc(N3C([2H])([2H])C([2H])([2H])N(C(=O)c4ccco4)C([2H])([2H])C3([2H])[2H])nc(N)c2cc1OC([2H])([2H])[2H].[2H]C1([2H])NC([2H])([2H])C([2H])([2H])N(C(=O)c2ccco2)C1([2H])[2H]. The van der Waals surface area contributed by atoms with Gasteiger partial charge in [-0.1, -0.05) is 0 Å². The van der Waals surface area contributed by atoms with Crippen LogP contribution < -0.4 is 40.6 Å². The van der Waals surface area contributed by atoms with Gasteiger partial charge in [-0.25, -0.2) is 15.0 Å². The Labute approximate surface area is 384 Å². The Morgan fingerprint density at radius 1 is 0.707 bits per heavy atom. The fourth-order valence-corrected chi connectivity index (χ4v) is 4.69. The number of furan rings is 2. The van der Waals surface area contributed by atoms with Gasteiger partial charge in [-0.15, -0.1) is 12.4 Å². The third kappa shape index (κ3) is 9.82. The average Bonchev–Trinajstić information content (AvgIpc) is 0.737. The Hall–Kier alpha value is -6.24. The standard InChI is InChI=1S/C19H21N5O4.C10H10ClN3O2.C9H12N2O2.ClH/c1-26-15-10-12-13(11-16(15)27-2)21-19(22-17(12)20)24-7-5-23(6-8-24)18(25)14-4-3-9-28-14;1-15-7-3-5-6(4-8(7)16-2)13-10(11)14-9(5)12;12-9(8-2-1-7-13-8)11-5-3-10-4-6-11;/h3-4,9-11H,5-8H2,1-2H3,(H2,20,21,22);3-4H,1-2H3,(H2,12,13,14);1-2,7,10H,3-6H2;1H/i1D3,2D3,5D2,6D2,7D2,8D2;1D3,2D3;3D2,4D2,5D2,6D2;. The normalized spacial score (nSPS) is 28.7. The van der Waals surface area contributed by atoms with Gasteiger partial charge in [0.1, 0.15) is 11.6 Å². The molecule has 2 aliphatic heterocycles. The molecular formula is C38H44Cl2N10O8. The van der Waals surface area contributed by atoms with E-state index in [9.17, 15) is 9.59 Å². The fraction of sp³-hybridized carbons (Fsp3) is 0.316. The van der Waals surface area contributed by atoms with Gasteiger partial charge >= 0.3 is 0 Å². The van der Waals surface area contributed by atoms with Gasteiger partial charge in [0.25, 0.3) is 11.8 Å². The van der Waals surface area contributed by atoms with Crippen molar-refractivity contribution in [1.29, 1.82) is 0 Å². The quantitative estimate of drug-likeness (QED) is 0.189. The Kier molecular flexibility index (Phi) is 6.48. The van der Waals surface area contributed by atoms with E-state index in [-0.39, 0.29) is 71.5 Å². The molecule has 5 N–H and O–H groups in total. The second-order valence-electron chi connectivity index (χ2n) is 10.4. The number of amides is 2. The Bertz CT molecular complexity index is 3430. The number of nitrogens with two attached hydrogens (primary N) is 2.